The summed E-state index contributed by atoms with van der Waals surface area (Å²) in [5.41, 5.74) is 2.43. The molecule has 1 aromatic heterocycles. The van der Waals surface area contributed by atoms with Crippen LogP contribution < -0.4 is 4.90 Å². The van der Waals surface area contributed by atoms with Crippen molar-refractivity contribution in [2.75, 3.05) is 39.1 Å². The smallest absolute Gasteiger partial charge is 0.414 e. The number of carbonyl (C=O) groups is 2. The van der Waals surface area contributed by atoms with Crippen molar-refractivity contribution in [3.8, 4) is 0 Å². The SMILES string of the molecule is CN1CCC=C(c2cnoc2N(C)C)C1.O=C(O)C(=O)O. The molecule has 2 N–H and O–H groups in total. The van der Waals surface area contributed by atoms with Crippen LogP contribution in [0, 0.1) is 0 Å². The summed E-state index contributed by atoms with van der Waals surface area (Å²) in [5.74, 6) is -2.80. The Hall–Kier alpha value is -2.35. The summed E-state index contributed by atoms with van der Waals surface area (Å²) in [6.07, 6.45) is 5.18. The van der Waals surface area contributed by atoms with Crippen molar-refractivity contribution in [1.82, 2.24) is 10.1 Å². The molecule has 0 aliphatic carbocycles. The third kappa shape index (κ3) is 4.92. The normalized spacial score (nSPS) is 14.7. The molecule has 1 aliphatic rings. The van der Waals surface area contributed by atoms with E-state index in [0.29, 0.717) is 0 Å². The fourth-order valence-electron chi connectivity index (χ4n) is 1.86. The number of carboxylic acid groups (broad SMARTS) is 2. The third-order valence-electron chi connectivity index (χ3n) is 2.83. The van der Waals surface area contributed by atoms with Gasteiger partial charge >= 0.3 is 11.9 Å². The first kappa shape index (κ1) is 16.7. The van der Waals surface area contributed by atoms with Gasteiger partial charge in [0.05, 0.1) is 11.8 Å². The van der Waals surface area contributed by atoms with Crippen LogP contribution in [0.15, 0.2) is 16.8 Å². The van der Waals surface area contributed by atoms with Crippen molar-refractivity contribution in [3.63, 3.8) is 0 Å². The van der Waals surface area contributed by atoms with E-state index in [4.69, 9.17) is 24.3 Å². The predicted molar refractivity (Wildman–Crippen MR) is 76.2 cm³/mol. The monoisotopic (exact) mass is 297 g/mol. The van der Waals surface area contributed by atoms with Gasteiger partial charge in [-0.05, 0) is 19.0 Å². The first-order valence-corrected chi connectivity index (χ1v) is 6.29. The average Bonchev–Trinajstić information content (AvgIpc) is 2.88. The summed E-state index contributed by atoms with van der Waals surface area (Å²) in [6.45, 7) is 2.11. The summed E-state index contributed by atoms with van der Waals surface area (Å²) in [6, 6.07) is 0. The topological polar surface area (TPSA) is 107 Å². The maximum atomic E-state index is 9.10. The van der Waals surface area contributed by atoms with Gasteiger partial charge in [-0.2, -0.15) is 0 Å². The Morgan fingerprint density at radius 1 is 1.33 bits per heavy atom. The molecule has 0 unspecified atom stereocenters. The third-order valence-corrected chi connectivity index (χ3v) is 2.83. The molecule has 21 heavy (non-hydrogen) atoms. The molecule has 0 bridgehead atoms. The average molecular weight is 297 g/mol. The number of hydrogen-bond donors (Lipinski definition) is 2. The molecule has 0 spiro atoms. The summed E-state index contributed by atoms with van der Waals surface area (Å²) < 4.78 is 5.23. The second-order valence-corrected chi connectivity index (χ2v) is 4.81. The van der Waals surface area contributed by atoms with Crippen molar-refractivity contribution < 1.29 is 24.3 Å². The number of likely N-dealkylation sites (N-methyl/N-ethyl adjacent to an activating group) is 1. The van der Waals surface area contributed by atoms with Crippen molar-refractivity contribution in [2.24, 2.45) is 0 Å². The number of anilines is 1. The molecule has 116 valence electrons. The van der Waals surface area contributed by atoms with Crippen LogP contribution in [0.25, 0.3) is 5.57 Å². The zero-order valence-electron chi connectivity index (χ0n) is 12.2. The molecule has 1 aliphatic heterocycles. The van der Waals surface area contributed by atoms with Gasteiger partial charge in [0.2, 0.25) is 5.88 Å². The summed E-state index contributed by atoms with van der Waals surface area (Å²) in [5, 5.41) is 18.7. The number of aliphatic carboxylic acids is 2. The lowest BCUT2D eigenvalue weighted by atomic mass is 10.0. The van der Waals surface area contributed by atoms with E-state index >= 15 is 0 Å². The molecule has 0 radical (unpaired) electrons. The van der Waals surface area contributed by atoms with Gasteiger partial charge in [0.15, 0.2) is 0 Å². The van der Waals surface area contributed by atoms with Crippen LogP contribution in [-0.4, -0.2) is 66.4 Å². The van der Waals surface area contributed by atoms with Gasteiger partial charge in [-0.1, -0.05) is 11.2 Å². The van der Waals surface area contributed by atoms with Crippen LogP contribution in [-0.2, 0) is 9.59 Å². The quantitative estimate of drug-likeness (QED) is 0.765. The van der Waals surface area contributed by atoms with Gasteiger partial charge in [-0.25, -0.2) is 9.59 Å². The highest BCUT2D eigenvalue weighted by molar-refractivity contribution is 6.27. The highest BCUT2D eigenvalue weighted by atomic mass is 16.5. The Morgan fingerprint density at radius 2 is 1.95 bits per heavy atom. The van der Waals surface area contributed by atoms with E-state index in [1.54, 1.807) is 6.20 Å². The summed E-state index contributed by atoms with van der Waals surface area (Å²) >= 11 is 0. The minimum absolute atomic E-state index is 0.844. The van der Waals surface area contributed by atoms with E-state index in [1.165, 1.54) is 5.57 Å². The maximum absolute atomic E-state index is 9.10. The van der Waals surface area contributed by atoms with E-state index in [0.717, 1.165) is 31.0 Å². The second-order valence-electron chi connectivity index (χ2n) is 4.81. The van der Waals surface area contributed by atoms with Crippen molar-refractivity contribution >= 4 is 23.4 Å². The molecule has 0 atom stereocenters. The van der Waals surface area contributed by atoms with Crippen molar-refractivity contribution in [2.45, 2.75) is 6.42 Å². The van der Waals surface area contributed by atoms with Crippen LogP contribution in [0.4, 0.5) is 5.88 Å². The highest BCUT2D eigenvalue weighted by Crippen LogP contribution is 2.28. The molecule has 2 rings (SSSR count). The van der Waals surface area contributed by atoms with E-state index in [-0.39, 0.29) is 0 Å². The van der Waals surface area contributed by atoms with E-state index in [2.05, 4.69) is 23.2 Å². The number of nitrogens with zero attached hydrogens (tertiary/aromatic N) is 3. The van der Waals surface area contributed by atoms with E-state index in [9.17, 15) is 0 Å². The van der Waals surface area contributed by atoms with Crippen LogP contribution in [0.3, 0.4) is 0 Å². The van der Waals surface area contributed by atoms with E-state index in [1.807, 2.05) is 19.0 Å². The van der Waals surface area contributed by atoms with Crippen LogP contribution >= 0.6 is 0 Å². The Bertz CT molecular complexity index is 524. The molecule has 8 heteroatoms. The molecular weight excluding hydrogens is 278 g/mol. The lowest BCUT2D eigenvalue weighted by Crippen LogP contribution is -2.25. The molecule has 1 aromatic rings. The van der Waals surface area contributed by atoms with Gasteiger partial charge in [0, 0.05) is 27.2 Å². The van der Waals surface area contributed by atoms with Crippen LogP contribution in [0.1, 0.15) is 12.0 Å². The first-order chi connectivity index (χ1) is 9.82. The zero-order chi connectivity index (χ0) is 16.0. The lowest BCUT2D eigenvalue weighted by Gasteiger charge is -2.23. The van der Waals surface area contributed by atoms with Crippen LogP contribution in [0.2, 0.25) is 0 Å². The molecule has 0 aromatic carbocycles. The Kier molecular flexibility index (Phi) is 5.92. The molecule has 0 fully saturated rings. The Labute approximate surface area is 122 Å². The van der Waals surface area contributed by atoms with Gasteiger partial charge < -0.3 is 24.5 Å². The number of hydrogen-bond acceptors (Lipinski definition) is 6. The minimum Gasteiger partial charge on any atom is -0.473 e. The van der Waals surface area contributed by atoms with Gasteiger partial charge in [0.1, 0.15) is 0 Å². The highest BCUT2D eigenvalue weighted by Gasteiger charge is 2.17. The molecule has 8 nitrogen and oxygen atoms in total. The van der Waals surface area contributed by atoms with Crippen LogP contribution in [0.5, 0.6) is 0 Å². The first-order valence-electron chi connectivity index (χ1n) is 6.29. The molecule has 2 heterocycles. The summed E-state index contributed by atoms with van der Waals surface area (Å²) in [4.78, 5) is 22.5. The van der Waals surface area contributed by atoms with E-state index < -0.39 is 11.9 Å². The fraction of sp³-hybridized carbons (Fsp3) is 0.462. The second kappa shape index (κ2) is 7.44. The molecule has 0 saturated carbocycles. The Balaban J connectivity index is 0.000000315. The predicted octanol–water partition coefficient (Wildman–Crippen LogP) is 0.615. The standard InChI is InChI=1S/C11H17N3O.C2H2O4/c1-13(2)11-10(7-12-15-11)9-5-4-6-14(3)8-9;3-1(4)2(5)6/h5,7H,4,6,8H2,1-3H3;(H,3,4)(H,5,6). The van der Waals surface area contributed by atoms with Gasteiger partial charge in [-0.3, -0.25) is 0 Å². The maximum Gasteiger partial charge on any atom is 0.414 e. The summed E-state index contributed by atoms with van der Waals surface area (Å²) in [7, 11) is 6.07. The molecule has 0 amide bonds. The lowest BCUT2D eigenvalue weighted by molar-refractivity contribution is -0.159. The fourth-order valence-corrected chi connectivity index (χ4v) is 1.86. The zero-order valence-corrected chi connectivity index (χ0v) is 12.2. The Morgan fingerprint density at radius 3 is 2.43 bits per heavy atom. The van der Waals surface area contributed by atoms with Crippen molar-refractivity contribution in [1.29, 1.82) is 0 Å². The number of carboxylic acids is 2. The molecule has 0 saturated heterocycles. The van der Waals surface area contributed by atoms with Gasteiger partial charge in [0.25, 0.3) is 0 Å². The largest absolute Gasteiger partial charge is 0.473 e. The van der Waals surface area contributed by atoms with Crippen molar-refractivity contribution in [3.05, 3.63) is 17.8 Å². The number of rotatable bonds is 2. The number of aromatic nitrogens is 1. The minimum atomic E-state index is -1.82. The molecular formula is C13H19N3O5. The van der Waals surface area contributed by atoms with Gasteiger partial charge in [-0.15, -0.1) is 0 Å².